The maximum Gasteiger partial charge on any atom is 0.262 e. The molecule has 24 heavy (non-hydrogen) atoms. The molecule has 0 amide bonds. The second-order valence-corrected chi connectivity index (χ2v) is 6.81. The molecule has 0 radical (unpaired) electrons. The molecule has 0 aliphatic rings. The Hall–Kier alpha value is -2.80. The lowest BCUT2D eigenvalue weighted by Gasteiger charge is -2.03. The van der Waals surface area contributed by atoms with Gasteiger partial charge in [0.15, 0.2) is 0 Å². The van der Waals surface area contributed by atoms with Crippen LogP contribution in [0, 0.1) is 13.8 Å². The van der Waals surface area contributed by atoms with Gasteiger partial charge in [-0.1, -0.05) is 18.2 Å². The Morgan fingerprint density at radius 3 is 2.75 bits per heavy atom. The largest absolute Gasteiger partial charge is 0.292 e. The Morgan fingerprint density at radius 1 is 1.17 bits per heavy atom. The van der Waals surface area contributed by atoms with Gasteiger partial charge in [0, 0.05) is 4.88 Å². The van der Waals surface area contributed by atoms with Crippen molar-refractivity contribution in [3.05, 3.63) is 69.3 Å². The minimum Gasteiger partial charge on any atom is -0.292 e. The van der Waals surface area contributed by atoms with Gasteiger partial charge < -0.3 is 0 Å². The number of benzene rings is 1. The minimum atomic E-state index is -0.0314. The molecule has 4 rings (SSSR count). The zero-order valence-corrected chi connectivity index (χ0v) is 14.1. The van der Waals surface area contributed by atoms with Crippen molar-refractivity contribution in [1.29, 1.82) is 0 Å². The van der Waals surface area contributed by atoms with Crippen LogP contribution < -0.4 is 5.56 Å². The van der Waals surface area contributed by atoms with Crippen LogP contribution in [0.2, 0.25) is 0 Å². The van der Waals surface area contributed by atoms with Crippen LogP contribution in [-0.2, 0) is 6.54 Å². The van der Waals surface area contributed by atoms with Crippen molar-refractivity contribution in [2.24, 2.45) is 0 Å². The van der Waals surface area contributed by atoms with Crippen molar-refractivity contribution in [2.45, 2.75) is 20.4 Å². The second-order valence-electron chi connectivity index (χ2n) is 5.60. The molecule has 120 valence electrons. The summed E-state index contributed by atoms with van der Waals surface area (Å²) < 4.78 is 1.58. The van der Waals surface area contributed by atoms with Gasteiger partial charge in [0.05, 0.1) is 30.1 Å². The number of aryl methyl sites for hydroxylation is 2. The van der Waals surface area contributed by atoms with Crippen LogP contribution in [0.1, 0.15) is 16.1 Å². The predicted molar refractivity (Wildman–Crippen MR) is 93.8 cm³/mol. The molecule has 7 heteroatoms. The Bertz CT molecular complexity index is 1080. The molecular formula is C17H15N5OS. The van der Waals surface area contributed by atoms with Crippen LogP contribution >= 0.6 is 11.3 Å². The SMILES string of the molecule is Cc1sc2ncn(Cc3cnn(-c4ccccc4)n3)c(=O)c2c1C. The summed E-state index contributed by atoms with van der Waals surface area (Å²) in [6.07, 6.45) is 3.26. The molecular weight excluding hydrogens is 322 g/mol. The normalized spacial score (nSPS) is 11.2. The summed E-state index contributed by atoms with van der Waals surface area (Å²) in [5.74, 6) is 0. The molecule has 6 nitrogen and oxygen atoms in total. The van der Waals surface area contributed by atoms with Crippen molar-refractivity contribution in [3.8, 4) is 5.69 Å². The van der Waals surface area contributed by atoms with Gasteiger partial charge in [-0.05, 0) is 31.5 Å². The first kappa shape index (κ1) is 14.8. The highest BCUT2D eigenvalue weighted by Gasteiger charge is 2.13. The summed E-state index contributed by atoms with van der Waals surface area (Å²) in [6, 6.07) is 9.67. The van der Waals surface area contributed by atoms with Crippen LogP contribution in [0.15, 0.2) is 47.7 Å². The number of aromatic nitrogens is 5. The first-order valence-electron chi connectivity index (χ1n) is 7.55. The lowest BCUT2D eigenvalue weighted by molar-refractivity contribution is 0.694. The first-order valence-corrected chi connectivity index (χ1v) is 8.37. The number of nitrogens with zero attached hydrogens (tertiary/aromatic N) is 5. The summed E-state index contributed by atoms with van der Waals surface area (Å²) >= 11 is 1.55. The Kier molecular flexibility index (Phi) is 3.50. The third kappa shape index (κ3) is 2.43. The van der Waals surface area contributed by atoms with Crippen LogP contribution in [-0.4, -0.2) is 24.5 Å². The van der Waals surface area contributed by atoms with E-state index in [2.05, 4.69) is 15.2 Å². The summed E-state index contributed by atoms with van der Waals surface area (Å²) in [5.41, 5.74) is 2.58. The number of hydrogen-bond donors (Lipinski definition) is 0. The summed E-state index contributed by atoms with van der Waals surface area (Å²) in [5, 5.41) is 9.42. The minimum absolute atomic E-state index is 0.0314. The highest BCUT2D eigenvalue weighted by Crippen LogP contribution is 2.25. The molecule has 1 aromatic carbocycles. The molecule has 4 aromatic rings. The van der Waals surface area contributed by atoms with E-state index < -0.39 is 0 Å². The quantitative estimate of drug-likeness (QED) is 0.576. The molecule has 3 heterocycles. The summed E-state index contributed by atoms with van der Waals surface area (Å²) in [6.45, 7) is 4.33. The fraction of sp³-hybridized carbons (Fsp3) is 0.176. The molecule has 0 N–H and O–H groups in total. The van der Waals surface area contributed by atoms with Gasteiger partial charge in [-0.3, -0.25) is 9.36 Å². The van der Waals surface area contributed by atoms with E-state index in [4.69, 9.17) is 0 Å². The standard InChI is InChI=1S/C17H15N5OS/c1-11-12(2)24-16-15(11)17(23)21(10-18-16)9-13-8-19-22(20-13)14-6-4-3-5-7-14/h3-8,10H,9H2,1-2H3. The van der Waals surface area contributed by atoms with Gasteiger partial charge in [0.2, 0.25) is 0 Å². The fourth-order valence-electron chi connectivity index (χ4n) is 2.61. The van der Waals surface area contributed by atoms with Gasteiger partial charge in [0.25, 0.3) is 5.56 Å². The number of fused-ring (bicyclic) bond motifs is 1. The van der Waals surface area contributed by atoms with Gasteiger partial charge in [0.1, 0.15) is 10.5 Å². The highest BCUT2D eigenvalue weighted by atomic mass is 32.1. The Morgan fingerprint density at radius 2 is 1.96 bits per heavy atom. The van der Waals surface area contributed by atoms with Crippen molar-refractivity contribution >= 4 is 21.6 Å². The topological polar surface area (TPSA) is 65.6 Å². The van der Waals surface area contributed by atoms with E-state index in [9.17, 15) is 4.79 Å². The van der Waals surface area contributed by atoms with Gasteiger partial charge in [-0.2, -0.15) is 15.0 Å². The number of hydrogen-bond acceptors (Lipinski definition) is 5. The molecule has 0 saturated heterocycles. The van der Waals surface area contributed by atoms with E-state index >= 15 is 0 Å². The van der Waals surface area contributed by atoms with Crippen LogP contribution in [0.5, 0.6) is 0 Å². The van der Waals surface area contributed by atoms with Gasteiger partial charge >= 0.3 is 0 Å². The predicted octanol–water partition coefficient (Wildman–Crippen LogP) is 2.70. The zero-order chi connectivity index (χ0) is 16.7. The number of para-hydroxylation sites is 1. The van der Waals surface area contributed by atoms with E-state index in [1.807, 2.05) is 44.2 Å². The van der Waals surface area contributed by atoms with Crippen LogP contribution in [0.4, 0.5) is 0 Å². The molecule has 3 aromatic heterocycles. The lowest BCUT2D eigenvalue weighted by Crippen LogP contribution is -2.21. The second kappa shape index (κ2) is 5.68. The molecule has 0 aliphatic heterocycles. The maximum atomic E-state index is 12.7. The average Bonchev–Trinajstić information content (AvgIpc) is 3.17. The van der Waals surface area contributed by atoms with E-state index in [0.29, 0.717) is 17.6 Å². The lowest BCUT2D eigenvalue weighted by atomic mass is 10.2. The van der Waals surface area contributed by atoms with Crippen molar-refractivity contribution in [3.63, 3.8) is 0 Å². The molecule has 0 bridgehead atoms. The van der Waals surface area contributed by atoms with Crippen molar-refractivity contribution in [2.75, 3.05) is 0 Å². The number of rotatable bonds is 3. The van der Waals surface area contributed by atoms with Crippen LogP contribution in [0.3, 0.4) is 0 Å². The third-order valence-electron chi connectivity index (χ3n) is 4.01. The van der Waals surface area contributed by atoms with E-state index in [1.54, 1.807) is 33.2 Å². The molecule has 0 aliphatic carbocycles. The highest BCUT2D eigenvalue weighted by molar-refractivity contribution is 7.18. The Balaban J connectivity index is 1.70. The summed E-state index contributed by atoms with van der Waals surface area (Å²) in [4.78, 5) is 20.6. The average molecular weight is 337 g/mol. The molecule has 0 fully saturated rings. The zero-order valence-electron chi connectivity index (χ0n) is 13.3. The molecule has 0 saturated carbocycles. The van der Waals surface area contributed by atoms with Crippen LogP contribution in [0.25, 0.3) is 15.9 Å². The van der Waals surface area contributed by atoms with Crippen molar-refractivity contribution in [1.82, 2.24) is 24.5 Å². The summed E-state index contributed by atoms with van der Waals surface area (Å²) in [7, 11) is 0. The Labute approximate surface area is 142 Å². The molecule has 0 unspecified atom stereocenters. The fourth-order valence-corrected chi connectivity index (χ4v) is 3.60. The van der Waals surface area contributed by atoms with E-state index in [0.717, 1.165) is 21.0 Å². The van der Waals surface area contributed by atoms with Gasteiger partial charge in [-0.15, -0.1) is 11.3 Å². The third-order valence-corrected chi connectivity index (χ3v) is 5.13. The smallest absolute Gasteiger partial charge is 0.262 e. The maximum absolute atomic E-state index is 12.7. The number of thiophene rings is 1. The van der Waals surface area contributed by atoms with Crippen molar-refractivity contribution < 1.29 is 0 Å². The van der Waals surface area contributed by atoms with E-state index in [-0.39, 0.29) is 5.56 Å². The molecule has 0 spiro atoms. The first-order chi connectivity index (χ1) is 11.6. The van der Waals surface area contributed by atoms with Gasteiger partial charge in [-0.25, -0.2) is 4.98 Å². The molecule has 0 atom stereocenters. The monoisotopic (exact) mass is 337 g/mol. The van der Waals surface area contributed by atoms with E-state index in [1.165, 1.54) is 0 Å².